The molecule has 1 amide bonds. The predicted molar refractivity (Wildman–Crippen MR) is 100 cm³/mol. The molecule has 0 unspecified atom stereocenters. The zero-order chi connectivity index (χ0) is 21.9. The molecular weight excluding hydrogens is 425 g/mol. The molecular formula is C19H17F3N2O5S. The molecule has 1 aliphatic heterocycles. The number of hydrogen-bond acceptors (Lipinski definition) is 5. The highest BCUT2D eigenvalue weighted by Gasteiger charge is 2.31. The number of hydrogen-bond donors (Lipinski definition) is 1. The van der Waals surface area contributed by atoms with Crippen molar-refractivity contribution < 1.29 is 35.9 Å². The van der Waals surface area contributed by atoms with E-state index in [-0.39, 0.29) is 17.0 Å². The second kappa shape index (κ2) is 8.34. The Morgan fingerprint density at radius 1 is 1.10 bits per heavy atom. The lowest BCUT2D eigenvalue weighted by Crippen LogP contribution is -2.36. The van der Waals surface area contributed by atoms with Crippen LogP contribution in [0.15, 0.2) is 53.4 Å². The largest absolute Gasteiger partial charge is 0.452 e. The summed E-state index contributed by atoms with van der Waals surface area (Å²) in [4.78, 5) is 23.3. The molecule has 1 heterocycles. The van der Waals surface area contributed by atoms with Gasteiger partial charge in [-0.15, -0.1) is 0 Å². The number of alkyl halides is 3. The molecule has 0 aliphatic carbocycles. The number of carbonyl (C=O) groups excluding carboxylic acids is 2. The van der Waals surface area contributed by atoms with Crippen LogP contribution >= 0.6 is 0 Å². The molecule has 0 saturated carbocycles. The normalized spacial score (nSPS) is 13.6. The van der Waals surface area contributed by atoms with E-state index in [1.807, 2.05) is 12.1 Å². The molecule has 0 aromatic heterocycles. The molecule has 0 saturated heterocycles. The molecule has 0 radical (unpaired) electrons. The Hall–Kier alpha value is -3.08. The number of carbonyl (C=O) groups is 2. The van der Waals surface area contributed by atoms with Gasteiger partial charge in [-0.25, -0.2) is 13.2 Å². The summed E-state index contributed by atoms with van der Waals surface area (Å²) in [5.41, 5.74) is 1.31. The average molecular weight is 442 g/mol. The van der Waals surface area contributed by atoms with Crippen LogP contribution in [0, 0.1) is 0 Å². The molecule has 0 bridgehead atoms. The lowest BCUT2D eigenvalue weighted by molar-refractivity contribution is -0.140. The zero-order valence-corrected chi connectivity index (χ0v) is 16.3. The van der Waals surface area contributed by atoms with Gasteiger partial charge in [0.05, 0.1) is 16.1 Å². The summed E-state index contributed by atoms with van der Waals surface area (Å²) in [5, 5.41) is 1.57. The maximum absolute atomic E-state index is 13.0. The van der Waals surface area contributed by atoms with Gasteiger partial charge in [0.1, 0.15) is 6.54 Å². The van der Waals surface area contributed by atoms with Crippen LogP contribution in [0.1, 0.15) is 15.9 Å². The van der Waals surface area contributed by atoms with Crippen molar-refractivity contribution in [3.05, 3.63) is 59.7 Å². The van der Waals surface area contributed by atoms with Crippen LogP contribution in [-0.4, -0.2) is 46.2 Å². The first kappa shape index (κ1) is 21.6. The monoisotopic (exact) mass is 442 g/mol. The highest BCUT2D eigenvalue weighted by atomic mass is 32.2. The van der Waals surface area contributed by atoms with Crippen LogP contribution in [0.25, 0.3) is 0 Å². The maximum Gasteiger partial charge on any atom is 0.405 e. The number of rotatable bonds is 6. The first-order valence-electron chi connectivity index (χ1n) is 8.79. The van der Waals surface area contributed by atoms with Gasteiger partial charge in [-0.3, -0.25) is 9.10 Å². The molecule has 30 heavy (non-hydrogen) atoms. The van der Waals surface area contributed by atoms with Gasteiger partial charge in [0.15, 0.2) is 6.61 Å². The van der Waals surface area contributed by atoms with E-state index in [0.717, 1.165) is 11.6 Å². The van der Waals surface area contributed by atoms with Crippen LogP contribution in [-0.2, 0) is 26.0 Å². The minimum absolute atomic E-state index is 0.143. The minimum Gasteiger partial charge on any atom is -0.452 e. The summed E-state index contributed by atoms with van der Waals surface area (Å²) in [6.45, 7) is -2.21. The zero-order valence-electron chi connectivity index (χ0n) is 15.5. The van der Waals surface area contributed by atoms with Gasteiger partial charge in [-0.1, -0.05) is 24.3 Å². The number of sulfonamides is 1. The van der Waals surface area contributed by atoms with Crippen LogP contribution in [0.2, 0.25) is 0 Å². The number of halogens is 3. The molecule has 160 valence electrons. The fourth-order valence-electron chi connectivity index (χ4n) is 2.93. The van der Waals surface area contributed by atoms with Crippen molar-refractivity contribution in [3.63, 3.8) is 0 Å². The van der Waals surface area contributed by atoms with Gasteiger partial charge in [-0.2, -0.15) is 13.2 Å². The molecule has 0 atom stereocenters. The number of esters is 1. The van der Waals surface area contributed by atoms with E-state index in [4.69, 9.17) is 0 Å². The summed E-state index contributed by atoms with van der Waals surface area (Å²) in [6, 6.07) is 12.1. The second-order valence-electron chi connectivity index (χ2n) is 6.45. The second-order valence-corrected chi connectivity index (χ2v) is 8.31. The van der Waals surface area contributed by atoms with Gasteiger partial charge < -0.3 is 10.1 Å². The van der Waals surface area contributed by atoms with E-state index >= 15 is 0 Å². The number of nitrogens with zero attached hydrogens (tertiary/aromatic N) is 1. The Labute approximate surface area is 170 Å². The van der Waals surface area contributed by atoms with Gasteiger partial charge in [-0.05, 0) is 36.2 Å². The molecule has 2 aromatic rings. The maximum atomic E-state index is 13.0. The van der Waals surface area contributed by atoms with E-state index in [0.29, 0.717) is 12.1 Å². The van der Waals surface area contributed by atoms with Crippen LogP contribution < -0.4 is 9.62 Å². The van der Waals surface area contributed by atoms with Crippen LogP contribution in [0.4, 0.5) is 18.9 Å². The third-order valence-electron chi connectivity index (χ3n) is 4.32. The summed E-state index contributed by atoms with van der Waals surface area (Å²) in [6.07, 6.45) is -4.03. The number of para-hydroxylation sites is 1. The third-order valence-corrected chi connectivity index (χ3v) is 6.13. The van der Waals surface area contributed by atoms with Crippen LogP contribution in [0.3, 0.4) is 0 Å². The summed E-state index contributed by atoms with van der Waals surface area (Å²) >= 11 is 0. The van der Waals surface area contributed by atoms with E-state index in [9.17, 15) is 31.2 Å². The van der Waals surface area contributed by atoms with E-state index in [1.54, 1.807) is 17.4 Å². The summed E-state index contributed by atoms with van der Waals surface area (Å²) in [7, 11) is -3.94. The topological polar surface area (TPSA) is 92.8 Å². The lowest BCUT2D eigenvalue weighted by Gasteiger charge is -2.19. The molecule has 2 aromatic carbocycles. The first-order valence-corrected chi connectivity index (χ1v) is 10.2. The molecule has 0 spiro atoms. The highest BCUT2D eigenvalue weighted by Crippen LogP contribution is 2.32. The number of ether oxygens (including phenoxy) is 1. The number of anilines is 1. The number of nitrogens with one attached hydrogen (secondary N) is 1. The number of fused-ring (bicyclic) bond motifs is 1. The van der Waals surface area contributed by atoms with Crippen molar-refractivity contribution >= 4 is 27.6 Å². The van der Waals surface area contributed by atoms with Crippen molar-refractivity contribution in [2.45, 2.75) is 17.5 Å². The molecule has 1 N–H and O–H groups in total. The Morgan fingerprint density at radius 3 is 2.57 bits per heavy atom. The molecule has 11 heteroatoms. The predicted octanol–water partition coefficient (Wildman–Crippen LogP) is 2.27. The number of benzene rings is 2. The van der Waals surface area contributed by atoms with Crippen molar-refractivity contribution in [3.8, 4) is 0 Å². The first-order chi connectivity index (χ1) is 14.1. The smallest absolute Gasteiger partial charge is 0.405 e. The van der Waals surface area contributed by atoms with Crippen molar-refractivity contribution in [2.75, 3.05) is 24.0 Å². The standard InChI is InChI=1S/C19H17F3N2O5S/c20-19(21,22)12-23-17(25)11-29-18(26)14-5-3-6-15(10-14)30(27,28)24-9-8-13-4-1-2-7-16(13)24/h1-7,10H,8-9,11-12H2,(H,23,25). The van der Waals surface area contributed by atoms with Gasteiger partial charge >= 0.3 is 12.1 Å². The molecule has 3 rings (SSSR count). The van der Waals surface area contributed by atoms with Crippen molar-refractivity contribution in [1.29, 1.82) is 0 Å². The fraction of sp³-hybridized carbons (Fsp3) is 0.263. The Kier molecular flexibility index (Phi) is 6.01. The fourth-order valence-corrected chi connectivity index (χ4v) is 4.48. The lowest BCUT2D eigenvalue weighted by atomic mass is 10.2. The van der Waals surface area contributed by atoms with E-state index in [1.165, 1.54) is 22.5 Å². The Morgan fingerprint density at radius 2 is 1.83 bits per heavy atom. The van der Waals surface area contributed by atoms with Gasteiger partial charge in [0, 0.05) is 6.54 Å². The quantitative estimate of drug-likeness (QED) is 0.693. The molecule has 1 aliphatic rings. The Bertz CT molecular complexity index is 1070. The summed E-state index contributed by atoms with van der Waals surface area (Å²) < 4.78 is 68.2. The summed E-state index contributed by atoms with van der Waals surface area (Å²) in [5.74, 6) is -2.16. The van der Waals surface area contributed by atoms with Gasteiger partial charge in [0.25, 0.3) is 15.9 Å². The minimum atomic E-state index is -4.59. The Balaban J connectivity index is 1.70. The molecule has 0 fully saturated rings. The van der Waals surface area contributed by atoms with Gasteiger partial charge in [0.2, 0.25) is 0 Å². The highest BCUT2D eigenvalue weighted by molar-refractivity contribution is 7.92. The van der Waals surface area contributed by atoms with E-state index in [2.05, 4.69) is 4.74 Å². The van der Waals surface area contributed by atoms with E-state index < -0.39 is 41.2 Å². The average Bonchev–Trinajstić information content (AvgIpc) is 3.15. The van der Waals surface area contributed by atoms with Crippen LogP contribution in [0.5, 0.6) is 0 Å². The number of amides is 1. The SMILES string of the molecule is O=C(COC(=O)c1cccc(S(=O)(=O)N2CCc3ccccc32)c1)NCC(F)(F)F. The van der Waals surface area contributed by atoms with Crippen molar-refractivity contribution in [2.24, 2.45) is 0 Å². The van der Waals surface area contributed by atoms with Crippen molar-refractivity contribution in [1.82, 2.24) is 5.32 Å². The third kappa shape index (κ3) is 4.90. The molecule has 7 nitrogen and oxygen atoms in total.